The van der Waals surface area contributed by atoms with E-state index in [2.05, 4.69) is 4.98 Å². The molecule has 0 fully saturated rings. The van der Waals surface area contributed by atoms with Crippen molar-refractivity contribution in [2.45, 2.75) is 13.3 Å². The summed E-state index contributed by atoms with van der Waals surface area (Å²) in [5.74, 6) is 0.944. The molecule has 1 aromatic heterocycles. The van der Waals surface area contributed by atoms with Gasteiger partial charge in [0.05, 0.1) is 6.61 Å². The minimum Gasteiger partial charge on any atom is -0.396 e. The largest absolute Gasteiger partial charge is 0.396 e. The van der Waals surface area contributed by atoms with Gasteiger partial charge in [0, 0.05) is 25.4 Å². The Labute approximate surface area is 60.3 Å². The van der Waals surface area contributed by atoms with Gasteiger partial charge < -0.3 is 9.67 Å². The van der Waals surface area contributed by atoms with Crippen molar-refractivity contribution in [3.05, 3.63) is 17.7 Å². The van der Waals surface area contributed by atoms with Gasteiger partial charge in [-0.25, -0.2) is 4.98 Å². The summed E-state index contributed by atoms with van der Waals surface area (Å²) in [7, 11) is 1.95. The van der Waals surface area contributed by atoms with Gasteiger partial charge in [0.1, 0.15) is 5.82 Å². The normalized spacial score (nSPS) is 10.3. The summed E-state index contributed by atoms with van der Waals surface area (Å²) in [5.41, 5.74) is 1.13. The van der Waals surface area contributed by atoms with Crippen molar-refractivity contribution in [1.29, 1.82) is 0 Å². The molecule has 10 heavy (non-hydrogen) atoms. The highest BCUT2D eigenvalue weighted by Crippen LogP contribution is 2.00. The molecule has 0 spiro atoms. The first-order valence-corrected chi connectivity index (χ1v) is 3.33. The number of hydrogen-bond donors (Lipinski definition) is 1. The third kappa shape index (κ3) is 1.19. The van der Waals surface area contributed by atoms with Crippen molar-refractivity contribution in [1.82, 2.24) is 9.55 Å². The fourth-order valence-electron chi connectivity index (χ4n) is 0.877. The van der Waals surface area contributed by atoms with Crippen LogP contribution in [-0.2, 0) is 13.5 Å². The van der Waals surface area contributed by atoms with Gasteiger partial charge in [-0.05, 0) is 6.92 Å². The zero-order valence-electron chi connectivity index (χ0n) is 6.33. The third-order valence-electron chi connectivity index (χ3n) is 1.65. The molecule has 0 aliphatic rings. The van der Waals surface area contributed by atoms with E-state index in [-0.39, 0.29) is 6.61 Å². The van der Waals surface area contributed by atoms with Crippen LogP contribution in [0.5, 0.6) is 0 Å². The Bertz CT molecular complexity index is 217. The van der Waals surface area contributed by atoms with Crippen LogP contribution in [0.3, 0.4) is 0 Å². The fraction of sp³-hybridized carbons (Fsp3) is 0.571. The van der Waals surface area contributed by atoms with E-state index >= 15 is 0 Å². The van der Waals surface area contributed by atoms with Crippen LogP contribution < -0.4 is 0 Å². The summed E-state index contributed by atoms with van der Waals surface area (Å²) in [6, 6.07) is 0. The lowest BCUT2D eigenvalue weighted by Crippen LogP contribution is -2.01. The zero-order valence-corrected chi connectivity index (χ0v) is 6.33. The molecule has 0 radical (unpaired) electrons. The molecule has 0 aromatic carbocycles. The molecule has 1 heterocycles. The molecule has 3 nitrogen and oxygen atoms in total. The molecule has 3 heteroatoms. The number of aryl methyl sites for hydroxylation is 1. The quantitative estimate of drug-likeness (QED) is 0.640. The number of hydrogen-bond acceptors (Lipinski definition) is 2. The van der Waals surface area contributed by atoms with E-state index in [1.165, 1.54) is 0 Å². The number of imidazole rings is 1. The van der Waals surface area contributed by atoms with Gasteiger partial charge in [0.15, 0.2) is 0 Å². The maximum atomic E-state index is 8.60. The summed E-state index contributed by atoms with van der Waals surface area (Å²) in [6.07, 6.45) is 2.45. The van der Waals surface area contributed by atoms with Gasteiger partial charge in [-0.15, -0.1) is 0 Å². The van der Waals surface area contributed by atoms with E-state index in [9.17, 15) is 0 Å². The highest BCUT2D eigenvalue weighted by atomic mass is 16.3. The van der Waals surface area contributed by atoms with Crippen molar-refractivity contribution in [2.24, 2.45) is 7.05 Å². The van der Waals surface area contributed by atoms with E-state index < -0.39 is 0 Å². The van der Waals surface area contributed by atoms with Crippen molar-refractivity contribution in [3.8, 4) is 0 Å². The van der Waals surface area contributed by atoms with Crippen LogP contribution in [0.15, 0.2) is 6.20 Å². The molecule has 0 amide bonds. The Kier molecular flexibility index (Phi) is 2.06. The van der Waals surface area contributed by atoms with E-state index in [1.54, 1.807) is 0 Å². The highest BCUT2D eigenvalue weighted by molar-refractivity contribution is 5.02. The molecule has 0 aliphatic carbocycles. The van der Waals surface area contributed by atoms with Crippen LogP contribution in [-0.4, -0.2) is 21.3 Å². The Morgan fingerprint density at radius 3 is 2.80 bits per heavy atom. The van der Waals surface area contributed by atoms with Crippen LogP contribution in [0.25, 0.3) is 0 Å². The van der Waals surface area contributed by atoms with Crippen molar-refractivity contribution in [3.63, 3.8) is 0 Å². The Morgan fingerprint density at radius 2 is 2.40 bits per heavy atom. The van der Waals surface area contributed by atoms with Gasteiger partial charge in [-0.1, -0.05) is 0 Å². The predicted octanol–water partition coefficient (Wildman–Crippen LogP) is 0.263. The van der Waals surface area contributed by atoms with Crippen molar-refractivity contribution in [2.75, 3.05) is 6.61 Å². The molecule has 1 N–H and O–H groups in total. The van der Waals surface area contributed by atoms with Crippen LogP contribution >= 0.6 is 0 Å². The fourth-order valence-corrected chi connectivity index (χ4v) is 0.877. The summed E-state index contributed by atoms with van der Waals surface area (Å²) in [6.45, 7) is 2.16. The minimum atomic E-state index is 0.171. The van der Waals surface area contributed by atoms with Crippen LogP contribution in [0.2, 0.25) is 0 Å². The van der Waals surface area contributed by atoms with Crippen LogP contribution in [0.1, 0.15) is 11.5 Å². The summed E-state index contributed by atoms with van der Waals surface area (Å²) >= 11 is 0. The number of aliphatic hydroxyl groups excluding tert-OH is 1. The summed E-state index contributed by atoms with van der Waals surface area (Å²) in [4.78, 5) is 4.11. The molecule has 0 bridgehead atoms. The Morgan fingerprint density at radius 1 is 1.70 bits per heavy atom. The topological polar surface area (TPSA) is 38.1 Å². The molecular formula is C7H12N2O. The van der Waals surface area contributed by atoms with Gasteiger partial charge in [-0.2, -0.15) is 0 Å². The average Bonchev–Trinajstić information content (AvgIpc) is 2.20. The van der Waals surface area contributed by atoms with Gasteiger partial charge in [0.2, 0.25) is 0 Å². The van der Waals surface area contributed by atoms with E-state index in [4.69, 9.17) is 5.11 Å². The molecule has 0 aliphatic heterocycles. The highest BCUT2D eigenvalue weighted by Gasteiger charge is 1.99. The zero-order chi connectivity index (χ0) is 7.56. The maximum Gasteiger partial charge on any atom is 0.110 e. The monoisotopic (exact) mass is 140 g/mol. The van der Waals surface area contributed by atoms with Crippen LogP contribution in [0, 0.1) is 6.92 Å². The van der Waals surface area contributed by atoms with Crippen molar-refractivity contribution < 1.29 is 5.11 Å². The second-order valence-corrected chi connectivity index (χ2v) is 2.35. The van der Waals surface area contributed by atoms with E-state index in [0.717, 1.165) is 11.5 Å². The summed E-state index contributed by atoms with van der Waals surface area (Å²) in [5, 5.41) is 8.60. The standard InChI is InChI=1S/C7H12N2O/c1-6-5-8-7(3-4-10)9(6)2/h5,10H,3-4H2,1-2H3. The lowest BCUT2D eigenvalue weighted by atomic mass is 10.4. The lowest BCUT2D eigenvalue weighted by Gasteiger charge is -1.99. The van der Waals surface area contributed by atoms with Crippen LogP contribution in [0.4, 0.5) is 0 Å². The van der Waals surface area contributed by atoms with E-state index in [1.807, 2.05) is 24.7 Å². The van der Waals surface area contributed by atoms with Gasteiger partial charge in [-0.3, -0.25) is 0 Å². The predicted molar refractivity (Wildman–Crippen MR) is 38.7 cm³/mol. The lowest BCUT2D eigenvalue weighted by molar-refractivity contribution is 0.295. The first kappa shape index (κ1) is 7.28. The first-order valence-electron chi connectivity index (χ1n) is 3.33. The van der Waals surface area contributed by atoms with Gasteiger partial charge >= 0.3 is 0 Å². The maximum absolute atomic E-state index is 8.60. The van der Waals surface area contributed by atoms with Gasteiger partial charge in [0.25, 0.3) is 0 Å². The smallest absolute Gasteiger partial charge is 0.110 e. The van der Waals surface area contributed by atoms with E-state index in [0.29, 0.717) is 6.42 Å². The molecule has 1 rings (SSSR count). The molecule has 1 aromatic rings. The van der Waals surface area contributed by atoms with Crippen molar-refractivity contribution >= 4 is 0 Å². The second kappa shape index (κ2) is 2.84. The summed E-state index contributed by atoms with van der Waals surface area (Å²) < 4.78 is 1.98. The average molecular weight is 140 g/mol. The number of rotatable bonds is 2. The molecule has 0 atom stereocenters. The number of aromatic nitrogens is 2. The molecule has 0 unspecified atom stereocenters. The number of aliphatic hydroxyl groups is 1. The molecule has 0 saturated heterocycles. The number of nitrogens with zero attached hydrogens (tertiary/aromatic N) is 2. The third-order valence-corrected chi connectivity index (χ3v) is 1.65. The molecule has 56 valence electrons. The first-order chi connectivity index (χ1) is 4.75. The Balaban J connectivity index is 2.83. The molecular weight excluding hydrogens is 128 g/mol. The Hall–Kier alpha value is -0.830. The second-order valence-electron chi connectivity index (χ2n) is 2.35. The molecule has 0 saturated carbocycles. The minimum absolute atomic E-state index is 0.171. The SMILES string of the molecule is Cc1cnc(CCO)n1C.